The van der Waals surface area contributed by atoms with E-state index < -0.39 is 0 Å². The zero-order valence-corrected chi connectivity index (χ0v) is 17.1. The number of Topliss-reactive ketones (excluding diaryl/α,β-unsaturated/α-hetero) is 1. The summed E-state index contributed by atoms with van der Waals surface area (Å²) < 4.78 is 10.9. The highest BCUT2D eigenvalue weighted by molar-refractivity contribution is 5.94. The molecule has 3 rings (SSSR count). The van der Waals surface area contributed by atoms with Gasteiger partial charge in [0.1, 0.15) is 6.54 Å². The van der Waals surface area contributed by atoms with Crippen molar-refractivity contribution in [1.82, 2.24) is 5.32 Å². The molecule has 2 aromatic carbocycles. The Bertz CT molecular complexity index is 860. The van der Waals surface area contributed by atoms with Crippen molar-refractivity contribution in [2.75, 3.05) is 26.8 Å². The Morgan fingerprint density at radius 2 is 1.76 bits per heavy atom. The van der Waals surface area contributed by atoms with Crippen molar-refractivity contribution in [3.8, 4) is 11.5 Å². The molecule has 1 aliphatic heterocycles. The molecule has 1 fully saturated rings. The van der Waals surface area contributed by atoms with Crippen LogP contribution in [0.3, 0.4) is 0 Å². The lowest BCUT2D eigenvalue weighted by atomic mass is 10.1. The molecule has 1 saturated heterocycles. The molecule has 0 aliphatic carbocycles. The number of rotatable bonds is 9. The molecule has 1 amide bonds. The number of ether oxygens (including phenoxy) is 2. The molecule has 6 heteroatoms. The van der Waals surface area contributed by atoms with E-state index >= 15 is 0 Å². The predicted octanol–water partition coefficient (Wildman–Crippen LogP) is 1.77. The number of carbonyl (C=O) groups is 2. The largest absolute Gasteiger partial charge is 0.493 e. The summed E-state index contributed by atoms with van der Waals surface area (Å²) in [6.45, 7) is 5.30. The second-order valence-corrected chi connectivity index (χ2v) is 7.39. The summed E-state index contributed by atoms with van der Waals surface area (Å²) in [6.07, 6.45) is 2.59. The second-order valence-electron chi connectivity index (χ2n) is 7.39. The maximum Gasteiger partial charge on any atom is 0.258 e. The first kappa shape index (κ1) is 20.9. The van der Waals surface area contributed by atoms with Gasteiger partial charge in [0.15, 0.2) is 23.9 Å². The van der Waals surface area contributed by atoms with Gasteiger partial charge >= 0.3 is 0 Å². The van der Waals surface area contributed by atoms with Crippen LogP contribution in [-0.2, 0) is 17.9 Å². The lowest BCUT2D eigenvalue weighted by Crippen LogP contribution is -3.08. The summed E-state index contributed by atoms with van der Waals surface area (Å²) in [5.74, 6) is 0.614. The third kappa shape index (κ3) is 5.81. The number of amides is 1. The molecule has 29 heavy (non-hydrogen) atoms. The lowest BCUT2D eigenvalue weighted by Gasteiger charge is -2.16. The van der Waals surface area contributed by atoms with Crippen molar-refractivity contribution in [2.45, 2.75) is 32.9 Å². The SMILES string of the molecule is COc1cc(C(C)=O)ccc1OCC(=O)NCc1ccccc1C[NH+]1CCCC1. The number of nitrogens with one attached hydrogen (secondary N) is 2. The highest BCUT2D eigenvalue weighted by Gasteiger charge is 2.17. The molecule has 0 bridgehead atoms. The van der Waals surface area contributed by atoms with Crippen molar-refractivity contribution in [1.29, 1.82) is 0 Å². The van der Waals surface area contributed by atoms with E-state index in [0.29, 0.717) is 23.6 Å². The number of ketones is 1. The Labute approximate surface area is 171 Å². The lowest BCUT2D eigenvalue weighted by molar-refractivity contribution is -0.901. The summed E-state index contributed by atoms with van der Waals surface area (Å²) in [7, 11) is 1.51. The fourth-order valence-corrected chi connectivity index (χ4v) is 3.62. The van der Waals surface area contributed by atoms with Gasteiger partial charge in [-0.05, 0) is 30.7 Å². The Hall–Kier alpha value is -2.86. The topological polar surface area (TPSA) is 69.1 Å². The average molecular weight is 397 g/mol. The number of benzene rings is 2. The van der Waals surface area contributed by atoms with Crippen LogP contribution < -0.4 is 19.7 Å². The molecule has 0 saturated carbocycles. The van der Waals surface area contributed by atoms with E-state index in [1.807, 2.05) is 6.07 Å². The quantitative estimate of drug-likeness (QED) is 0.633. The molecule has 0 atom stereocenters. The normalized spacial score (nSPS) is 13.9. The van der Waals surface area contributed by atoms with Gasteiger partial charge < -0.3 is 19.7 Å². The highest BCUT2D eigenvalue weighted by Crippen LogP contribution is 2.28. The number of quaternary nitrogens is 1. The summed E-state index contributed by atoms with van der Waals surface area (Å²) in [5.41, 5.74) is 2.96. The second kappa shape index (κ2) is 10.1. The van der Waals surface area contributed by atoms with Crippen molar-refractivity contribution in [2.24, 2.45) is 0 Å². The van der Waals surface area contributed by atoms with E-state index in [0.717, 1.165) is 12.1 Å². The minimum Gasteiger partial charge on any atom is -0.493 e. The fourth-order valence-electron chi connectivity index (χ4n) is 3.62. The van der Waals surface area contributed by atoms with Crippen LogP contribution in [0.2, 0.25) is 0 Å². The van der Waals surface area contributed by atoms with E-state index in [-0.39, 0.29) is 18.3 Å². The van der Waals surface area contributed by atoms with Gasteiger partial charge in [-0.3, -0.25) is 9.59 Å². The van der Waals surface area contributed by atoms with Crippen LogP contribution in [0.1, 0.15) is 41.3 Å². The average Bonchev–Trinajstić information content (AvgIpc) is 3.24. The van der Waals surface area contributed by atoms with Crippen LogP contribution in [0.25, 0.3) is 0 Å². The molecule has 0 aromatic heterocycles. The van der Waals surface area contributed by atoms with Crippen molar-refractivity contribution >= 4 is 11.7 Å². The Morgan fingerprint density at radius 3 is 2.45 bits per heavy atom. The molecule has 1 aliphatic rings. The molecular weight excluding hydrogens is 368 g/mol. The summed E-state index contributed by atoms with van der Waals surface area (Å²) in [6, 6.07) is 13.2. The van der Waals surface area contributed by atoms with E-state index in [2.05, 4.69) is 23.5 Å². The third-order valence-electron chi connectivity index (χ3n) is 5.27. The van der Waals surface area contributed by atoms with Crippen LogP contribution in [0.15, 0.2) is 42.5 Å². The maximum absolute atomic E-state index is 12.3. The molecule has 6 nitrogen and oxygen atoms in total. The third-order valence-corrected chi connectivity index (χ3v) is 5.27. The number of methoxy groups -OCH3 is 1. The minimum absolute atomic E-state index is 0.0537. The van der Waals surface area contributed by atoms with Crippen LogP contribution in [-0.4, -0.2) is 38.5 Å². The monoisotopic (exact) mass is 397 g/mol. The first-order chi connectivity index (χ1) is 14.1. The fraction of sp³-hybridized carbons (Fsp3) is 0.391. The molecule has 0 unspecified atom stereocenters. The van der Waals surface area contributed by atoms with Gasteiger partial charge in [0.2, 0.25) is 0 Å². The first-order valence-corrected chi connectivity index (χ1v) is 10.1. The van der Waals surface area contributed by atoms with Gasteiger partial charge in [-0.25, -0.2) is 0 Å². The van der Waals surface area contributed by atoms with Gasteiger partial charge in [0.25, 0.3) is 5.91 Å². The smallest absolute Gasteiger partial charge is 0.258 e. The Balaban J connectivity index is 1.54. The summed E-state index contributed by atoms with van der Waals surface area (Å²) >= 11 is 0. The van der Waals surface area contributed by atoms with Gasteiger partial charge in [-0.2, -0.15) is 0 Å². The summed E-state index contributed by atoms with van der Waals surface area (Å²) in [5, 5.41) is 2.93. The van der Waals surface area contributed by atoms with Crippen LogP contribution in [0.4, 0.5) is 0 Å². The number of carbonyl (C=O) groups excluding carboxylic acids is 2. The first-order valence-electron chi connectivity index (χ1n) is 10.1. The van der Waals surface area contributed by atoms with Crippen molar-refractivity contribution in [3.63, 3.8) is 0 Å². The Kier molecular flexibility index (Phi) is 7.25. The van der Waals surface area contributed by atoms with E-state index in [9.17, 15) is 9.59 Å². The van der Waals surface area contributed by atoms with Crippen LogP contribution in [0.5, 0.6) is 11.5 Å². The molecule has 0 spiro atoms. The standard InChI is InChI=1S/C23H28N2O4/c1-17(26)18-9-10-21(22(13-18)28-2)29-16-23(27)24-14-19-7-3-4-8-20(19)15-25-11-5-6-12-25/h3-4,7-10,13H,5-6,11-12,14-16H2,1-2H3,(H,24,27)/p+1. The minimum atomic E-state index is -0.203. The maximum atomic E-state index is 12.3. The van der Waals surface area contributed by atoms with Gasteiger partial charge in [0, 0.05) is 30.5 Å². The predicted molar refractivity (Wildman–Crippen MR) is 110 cm³/mol. The number of hydrogen-bond acceptors (Lipinski definition) is 4. The van der Waals surface area contributed by atoms with Gasteiger partial charge in [-0.1, -0.05) is 24.3 Å². The van der Waals surface area contributed by atoms with Crippen molar-refractivity contribution < 1.29 is 24.0 Å². The van der Waals surface area contributed by atoms with Crippen molar-refractivity contribution in [3.05, 3.63) is 59.2 Å². The van der Waals surface area contributed by atoms with Gasteiger partial charge in [0.05, 0.1) is 20.2 Å². The Morgan fingerprint density at radius 1 is 1.03 bits per heavy atom. The molecule has 0 radical (unpaired) electrons. The highest BCUT2D eigenvalue weighted by atomic mass is 16.5. The van der Waals surface area contributed by atoms with E-state index in [1.165, 1.54) is 45.5 Å². The van der Waals surface area contributed by atoms with E-state index in [4.69, 9.17) is 9.47 Å². The molecule has 1 heterocycles. The van der Waals surface area contributed by atoms with E-state index in [1.54, 1.807) is 23.1 Å². The van der Waals surface area contributed by atoms with Crippen LogP contribution in [0, 0.1) is 0 Å². The van der Waals surface area contributed by atoms with Crippen LogP contribution >= 0.6 is 0 Å². The zero-order chi connectivity index (χ0) is 20.6. The zero-order valence-electron chi connectivity index (χ0n) is 17.1. The molecule has 2 N–H and O–H groups in total. The summed E-state index contributed by atoms with van der Waals surface area (Å²) in [4.78, 5) is 25.4. The number of likely N-dealkylation sites (tertiary alicyclic amines) is 1. The molecule has 154 valence electrons. The van der Waals surface area contributed by atoms with Gasteiger partial charge in [-0.15, -0.1) is 0 Å². The molecular formula is C23H29N2O4+. The molecule has 2 aromatic rings. The number of hydrogen-bond donors (Lipinski definition) is 2.